The Morgan fingerprint density at radius 2 is 1.96 bits per heavy atom. The van der Waals surface area contributed by atoms with Gasteiger partial charge in [0.15, 0.2) is 0 Å². The molecule has 1 saturated heterocycles. The van der Waals surface area contributed by atoms with Gasteiger partial charge in [-0.15, -0.1) is 23.7 Å². The number of nitrogens with one attached hydrogen (secondary N) is 1. The van der Waals surface area contributed by atoms with Crippen LogP contribution in [0, 0.1) is 0 Å². The maximum Gasteiger partial charge on any atom is 0.253 e. The van der Waals surface area contributed by atoms with E-state index in [4.69, 9.17) is 5.73 Å². The lowest BCUT2D eigenvalue weighted by Gasteiger charge is -2.29. The second kappa shape index (κ2) is 8.14. The summed E-state index contributed by atoms with van der Waals surface area (Å²) in [4.78, 5) is 12.6. The Morgan fingerprint density at radius 3 is 2.58 bits per heavy atom. The van der Waals surface area contributed by atoms with Gasteiger partial charge in [-0.05, 0) is 50.0 Å². The number of amides is 1. The molecule has 3 N–H and O–H groups in total. The monoisotopic (exact) mass is 393 g/mol. The molecule has 3 rings (SSSR count). The summed E-state index contributed by atoms with van der Waals surface area (Å²) in [7, 11) is -3.57. The van der Waals surface area contributed by atoms with Crippen molar-refractivity contribution in [3.8, 4) is 0 Å². The third-order valence-corrected chi connectivity index (χ3v) is 7.96. The van der Waals surface area contributed by atoms with Crippen molar-refractivity contribution in [1.82, 2.24) is 9.62 Å². The van der Waals surface area contributed by atoms with Crippen molar-refractivity contribution >= 4 is 39.7 Å². The van der Waals surface area contributed by atoms with E-state index in [1.54, 1.807) is 17.5 Å². The number of hydrogen-bond acceptors (Lipinski definition) is 5. The van der Waals surface area contributed by atoms with E-state index in [9.17, 15) is 13.2 Å². The number of carbonyl (C=O) groups excluding carboxylic acids is 1. The molecule has 1 aliphatic heterocycles. The van der Waals surface area contributed by atoms with E-state index in [1.807, 2.05) is 0 Å². The molecule has 1 amide bonds. The smallest absolute Gasteiger partial charge is 0.253 e. The van der Waals surface area contributed by atoms with E-state index in [0.29, 0.717) is 17.2 Å². The molecule has 0 radical (unpaired) electrons. The van der Waals surface area contributed by atoms with Crippen LogP contribution in [-0.2, 0) is 14.8 Å². The van der Waals surface area contributed by atoms with Crippen LogP contribution in [0.5, 0.6) is 0 Å². The van der Waals surface area contributed by atoms with E-state index in [-0.39, 0.29) is 30.4 Å². The fourth-order valence-corrected chi connectivity index (χ4v) is 6.15. The highest BCUT2D eigenvalue weighted by Crippen LogP contribution is 2.29. The van der Waals surface area contributed by atoms with Crippen LogP contribution in [0.15, 0.2) is 21.7 Å². The van der Waals surface area contributed by atoms with Crippen LogP contribution in [0.2, 0.25) is 0 Å². The standard InChI is InChI=1S/C15H23N3O3S2.ClH/c16-11-5-7-12(8-6-11)17-15(19)13-3-1-9-18(13)23(20,21)14-4-2-10-22-14;/h2,4,10-13H,1,3,5-9,16H2,(H,17,19);1H. The molecule has 136 valence electrons. The number of sulfonamides is 1. The molecule has 0 bridgehead atoms. The topological polar surface area (TPSA) is 92.5 Å². The predicted octanol–water partition coefficient (Wildman–Crippen LogP) is 1.71. The Balaban J connectivity index is 0.00000208. The highest BCUT2D eigenvalue weighted by molar-refractivity contribution is 7.91. The van der Waals surface area contributed by atoms with Gasteiger partial charge < -0.3 is 11.1 Å². The van der Waals surface area contributed by atoms with Gasteiger partial charge in [0.1, 0.15) is 10.3 Å². The van der Waals surface area contributed by atoms with Gasteiger partial charge in [0.25, 0.3) is 10.0 Å². The Labute approximate surface area is 153 Å². The third kappa shape index (κ3) is 4.11. The van der Waals surface area contributed by atoms with Crippen LogP contribution >= 0.6 is 23.7 Å². The van der Waals surface area contributed by atoms with Crippen LogP contribution in [0.3, 0.4) is 0 Å². The van der Waals surface area contributed by atoms with Crippen molar-refractivity contribution in [3.63, 3.8) is 0 Å². The van der Waals surface area contributed by atoms with Gasteiger partial charge in [-0.1, -0.05) is 6.07 Å². The first-order valence-electron chi connectivity index (χ1n) is 8.10. The fraction of sp³-hybridized carbons (Fsp3) is 0.667. The van der Waals surface area contributed by atoms with Crippen LogP contribution in [0.4, 0.5) is 0 Å². The number of rotatable bonds is 4. The van der Waals surface area contributed by atoms with E-state index in [2.05, 4.69) is 5.32 Å². The van der Waals surface area contributed by atoms with Crippen molar-refractivity contribution in [3.05, 3.63) is 17.5 Å². The zero-order valence-corrected chi connectivity index (χ0v) is 15.8. The molecule has 9 heteroatoms. The minimum absolute atomic E-state index is 0. The van der Waals surface area contributed by atoms with Gasteiger partial charge in [-0.2, -0.15) is 4.31 Å². The fourth-order valence-electron chi connectivity index (χ4n) is 3.38. The van der Waals surface area contributed by atoms with E-state index >= 15 is 0 Å². The highest BCUT2D eigenvalue weighted by atomic mass is 35.5. The molecule has 1 unspecified atom stereocenters. The average molecular weight is 394 g/mol. The molecule has 24 heavy (non-hydrogen) atoms. The van der Waals surface area contributed by atoms with E-state index < -0.39 is 16.1 Å². The predicted molar refractivity (Wildman–Crippen MR) is 96.9 cm³/mol. The molecule has 2 heterocycles. The number of thiophene rings is 1. The Kier molecular flexibility index (Phi) is 6.66. The highest BCUT2D eigenvalue weighted by Gasteiger charge is 2.40. The van der Waals surface area contributed by atoms with Crippen LogP contribution in [0.25, 0.3) is 0 Å². The summed E-state index contributed by atoms with van der Waals surface area (Å²) >= 11 is 1.19. The zero-order chi connectivity index (χ0) is 16.4. The first-order chi connectivity index (χ1) is 11.0. The Hall–Kier alpha value is -0.670. The molecule has 0 aromatic carbocycles. The summed E-state index contributed by atoms with van der Waals surface area (Å²) in [5.74, 6) is -0.164. The molecule has 2 aliphatic rings. The minimum Gasteiger partial charge on any atom is -0.352 e. The summed E-state index contributed by atoms with van der Waals surface area (Å²) in [6.07, 6.45) is 4.87. The molecular weight excluding hydrogens is 370 g/mol. The van der Waals surface area contributed by atoms with Gasteiger partial charge in [0, 0.05) is 18.6 Å². The molecule has 1 aromatic heterocycles. The summed E-state index contributed by atoms with van der Waals surface area (Å²) in [5.41, 5.74) is 5.88. The van der Waals surface area contributed by atoms with Gasteiger partial charge >= 0.3 is 0 Å². The maximum atomic E-state index is 12.7. The van der Waals surface area contributed by atoms with Crippen molar-refractivity contribution < 1.29 is 13.2 Å². The molecule has 2 fully saturated rings. The van der Waals surface area contributed by atoms with E-state index in [1.165, 1.54) is 15.6 Å². The lowest BCUT2D eigenvalue weighted by atomic mass is 9.91. The molecular formula is C15H24ClN3O3S2. The van der Waals surface area contributed by atoms with Crippen molar-refractivity contribution in [2.45, 2.75) is 60.9 Å². The van der Waals surface area contributed by atoms with Gasteiger partial charge in [-0.25, -0.2) is 8.42 Å². The first-order valence-corrected chi connectivity index (χ1v) is 10.4. The second-order valence-corrected chi connectivity index (χ2v) is 9.39. The molecule has 1 aromatic rings. The van der Waals surface area contributed by atoms with Gasteiger partial charge in [0.05, 0.1) is 0 Å². The Morgan fingerprint density at radius 1 is 1.25 bits per heavy atom. The second-order valence-electron chi connectivity index (χ2n) is 6.33. The lowest BCUT2D eigenvalue weighted by Crippen LogP contribution is -2.49. The number of nitrogens with two attached hydrogens (primary N) is 1. The summed E-state index contributed by atoms with van der Waals surface area (Å²) in [6, 6.07) is 3.07. The number of hydrogen-bond donors (Lipinski definition) is 2. The minimum atomic E-state index is -3.57. The van der Waals surface area contributed by atoms with Crippen LogP contribution in [0.1, 0.15) is 38.5 Å². The van der Waals surface area contributed by atoms with Crippen LogP contribution in [-0.4, -0.2) is 43.3 Å². The number of halogens is 1. The quantitative estimate of drug-likeness (QED) is 0.814. The SMILES string of the molecule is Cl.NC1CCC(NC(=O)C2CCCN2S(=O)(=O)c2cccs2)CC1. The van der Waals surface area contributed by atoms with Crippen molar-refractivity contribution in [2.24, 2.45) is 5.73 Å². The zero-order valence-electron chi connectivity index (χ0n) is 13.4. The normalized spacial score (nSPS) is 28.3. The molecule has 6 nitrogen and oxygen atoms in total. The summed E-state index contributed by atoms with van der Waals surface area (Å²) in [6.45, 7) is 0.411. The Bertz CT molecular complexity index is 643. The van der Waals surface area contributed by atoms with Crippen molar-refractivity contribution in [2.75, 3.05) is 6.54 Å². The van der Waals surface area contributed by atoms with Crippen molar-refractivity contribution in [1.29, 1.82) is 0 Å². The van der Waals surface area contributed by atoms with Gasteiger partial charge in [0.2, 0.25) is 5.91 Å². The molecule has 1 aliphatic carbocycles. The molecule has 1 saturated carbocycles. The molecule has 0 spiro atoms. The first kappa shape index (κ1) is 19.7. The van der Waals surface area contributed by atoms with Crippen LogP contribution < -0.4 is 11.1 Å². The molecule has 1 atom stereocenters. The summed E-state index contributed by atoms with van der Waals surface area (Å²) < 4.78 is 27.0. The summed E-state index contributed by atoms with van der Waals surface area (Å²) in [5, 5.41) is 4.77. The van der Waals surface area contributed by atoms with Gasteiger partial charge in [-0.3, -0.25) is 4.79 Å². The largest absolute Gasteiger partial charge is 0.352 e. The average Bonchev–Trinajstić information content (AvgIpc) is 3.21. The third-order valence-electron chi connectivity index (χ3n) is 4.68. The van der Waals surface area contributed by atoms with E-state index in [0.717, 1.165) is 32.1 Å². The number of carbonyl (C=O) groups is 1. The maximum absolute atomic E-state index is 12.7. The lowest BCUT2D eigenvalue weighted by molar-refractivity contribution is -0.125. The number of nitrogens with zero attached hydrogens (tertiary/aromatic N) is 1.